The number of halogens is 1. The molecule has 0 fully saturated rings. The van der Waals surface area contributed by atoms with Gasteiger partial charge >= 0.3 is 0 Å². The van der Waals surface area contributed by atoms with E-state index in [0.29, 0.717) is 12.1 Å². The molecule has 0 atom stereocenters. The lowest BCUT2D eigenvalue weighted by Gasteiger charge is -2.00. The molecule has 4 heteroatoms. The molecular weight excluding hydrogens is 267 g/mol. The van der Waals surface area contributed by atoms with Crippen LogP contribution in [0.1, 0.15) is 17.3 Å². The lowest BCUT2D eigenvalue weighted by atomic mass is 10.3. The predicted octanol–water partition coefficient (Wildman–Crippen LogP) is 1.44. The molecule has 0 aromatic carbocycles. The second kappa shape index (κ2) is 4.39. The topological polar surface area (TPSA) is 42.0 Å². The van der Waals surface area contributed by atoms with Gasteiger partial charge in [-0.15, -0.1) is 0 Å². The number of carbonyl (C=O) groups is 1. The van der Waals surface area contributed by atoms with E-state index in [-0.39, 0.29) is 5.91 Å². The molecule has 12 heavy (non-hydrogen) atoms. The zero-order valence-electron chi connectivity index (χ0n) is 6.67. The Labute approximate surface area is 84.7 Å². The van der Waals surface area contributed by atoms with Crippen molar-refractivity contribution in [2.45, 2.75) is 6.92 Å². The standard InChI is InChI=1S/C8H9IN2O/c1-2-11-8(12)6-3-7(9)5-10-4-6/h3-5H,2H2,1H3,(H,11,12). The molecule has 0 spiro atoms. The van der Waals surface area contributed by atoms with E-state index in [0.717, 1.165) is 3.57 Å². The minimum absolute atomic E-state index is 0.0662. The SMILES string of the molecule is CCNC(=O)c1cncc(I)c1. The highest BCUT2D eigenvalue weighted by molar-refractivity contribution is 14.1. The Kier molecular flexibility index (Phi) is 3.46. The summed E-state index contributed by atoms with van der Waals surface area (Å²) in [4.78, 5) is 15.2. The summed E-state index contributed by atoms with van der Waals surface area (Å²) >= 11 is 2.12. The quantitative estimate of drug-likeness (QED) is 0.830. The van der Waals surface area contributed by atoms with Crippen LogP contribution in [0.5, 0.6) is 0 Å². The Morgan fingerprint density at radius 1 is 1.67 bits per heavy atom. The highest BCUT2D eigenvalue weighted by Crippen LogP contribution is 2.04. The van der Waals surface area contributed by atoms with Gasteiger partial charge in [-0.05, 0) is 35.6 Å². The summed E-state index contributed by atoms with van der Waals surface area (Å²) in [5.74, 6) is -0.0662. The zero-order valence-corrected chi connectivity index (χ0v) is 8.83. The van der Waals surface area contributed by atoms with Crippen molar-refractivity contribution in [3.05, 3.63) is 27.6 Å². The van der Waals surface area contributed by atoms with E-state index in [9.17, 15) is 4.79 Å². The highest BCUT2D eigenvalue weighted by Gasteiger charge is 2.03. The molecule has 1 aromatic heterocycles. The first-order valence-corrected chi connectivity index (χ1v) is 4.70. The number of amides is 1. The van der Waals surface area contributed by atoms with Crippen molar-refractivity contribution < 1.29 is 4.79 Å². The molecule has 1 aromatic rings. The molecule has 3 nitrogen and oxygen atoms in total. The van der Waals surface area contributed by atoms with Gasteiger partial charge < -0.3 is 5.32 Å². The van der Waals surface area contributed by atoms with Gasteiger partial charge in [-0.1, -0.05) is 0 Å². The van der Waals surface area contributed by atoms with E-state index in [4.69, 9.17) is 0 Å². The highest BCUT2D eigenvalue weighted by atomic mass is 127. The number of pyridine rings is 1. The van der Waals surface area contributed by atoms with Crippen LogP contribution in [-0.2, 0) is 0 Å². The van der Waals surface area contributed by atoms with Gasteiger partial charge in [-0.3, -0.25) is 9.78 Å². The van der Waals surface area contributed by atoms with Crippen LogP contribution in [0.2, 0.25) is 0 Å². The summed E-state index contributed by atoms with van der Waals surface area (Å²) in [5, 5.41) is 2.71. The molecule has 0 saturated carbocycles. The van der Waals surface area contributed by atoms with Crippen molar-refractivity contribution in [3.63, 3.8) is 0 Å². The minimum Gasteiger partial charge on any atom is -0.352 e. The van der Waals surface area contributed by atoms with E-state index in [1.807, 2.05) is 6.92 Å². The minimum atomic E-state index is -0.0662. The number of aromatic nitrogens is 1. The van der Waals surface area contributed by atoms with Crippen molar-refractivity contribution in [2.24, 2.45) is 0 Å². The molecule has 0 unspecified atom stereocenters. The summed E-state index contributed by atoms with van der Waals surface area (Å²) in [6.07, 6.45) is 3.27. The van der Waals surface area contributed by atoms with Crippen LogP contribution in [0.15, 0.2) is 18.5 Å². The predicted molar refractivity (Wildman–Crippen MR) is 55.0 cm³/mol. The van der Waals surface area contributed by atoms with Crippen LogP contribution in [0.25, 0.3) is 0 Å². The van der Waals surface area contributed by atoms with Gasteiger partial charge in [0.2, 0.25) is 0 Å². The smallest absolute Gasteiger partial charge is 0.252 e. The maximum absolute atomic E-state index is 11.2. The first-order chi connectivity index (χ1) is 5.74. The molecular formula is C8H9IN2O. The Balaban J connectivity index is 2.81. The van der Waals surface area contributed by atoms with Gasteiger partial charge in [0.25, 0.3) is 5.91 Å². The van der Waals surface area contributed by atoms with Crippen LogP contribution in [-0.4, -0.2) is 17.4 Å². The van der Waals surface area contributed by atoms with Crippen molar-refractivity contribution >= 4 is 28.5 Å². The van der Waals surface area contributed by atoms with Crippen LogP contribution in [0, 0.1) is 3.57 Å². The Morgan fingerprint density at radius 2 is 2.42 bits per heavy atom. The lowest BCUT2D eigenvalue weighted by Crippen LogP contribution is -2.22. The fourth-order valence-corrected chi connectivity index (χ4v) is 1.29. The van der Waals surface area contributed by atoms with Gasteiger partial charge in [0.1, 0.15) is 0 Å². The molecule has 64 valence electrons. The van der Waals surface area contributed by atoms with Crippen LogP contribution >= 0.6 is 22.6 Å². The molecule has 0 radical (unpaired) electrons. The Morgan fingerprint density at radius 3 is 3.00 bits per heavy atom. The van der Waals surface area contributed by atoms with E-state index in [2.05, 4.69) is 32.9 Å². The fraction of sp³-hybridized carbons (Fsp3) is 0.250. The monoisotopic (exact) mass is 276 g/mol. The third kappa shape index (κ3) is 2.44. The summed E-state index contributed by atoms with van der Waals surface area (Å²) in [6.45, 7) is 2.53. The molecule has 1 amide bonds. The largest absolute Gasteiger partial charge is 0.352 e. The van der Waals surface area contributed by atoms with E-state index >= 15 is 0 Å². The number of hydrogen-bond acceptors (Lipinski definition) is 2. The molecule has 0 saturated heterocycles. The molecule has 0 bridgehead atoms. The molecule has 0 aliphatic carbocycles. The Hall–Kier alpha value is -0.650. The fourth-order valence-electron chi connectivity index (χ4n) is 0.799. The first-order valence-electron chi connectivity index (χ1n) is 3.62. The average molecular weight is 276 g/mol. The number of hydrogen-bond donors (Lipinski definition) is 1. The van der Waals surface area contributed by atoms with Crippen LogP contribution < -0.4 is 5.32 Å². The summed E-state index contributed by atoms with van der Waals surface area (Å²) in [5.41, 5.74) is 0.615. The second-order valence-corrected chi connectivity index (χ2v) is 3.50. The number of nitrogens with one attached hydrogen (secondary N) is 1. The number of nitrogens with zero attached hydrogens (tertiary/aromatic N) is 1. The number of carbonyl (C=O) groups excluding carboxylic acids is 1. The normalized spacial score (nSPS) is 9.50. The Bertz CT molecular complexity index is 288. The van der Waals surface area contributed by atoms with Crippen molar-refractivity contribution in [2.75, 3.05) is 6.54 Å². The maximum Gasteiger partial charge on any atom is 0.252 e. The van der Waals surface area contributed by atoms with E-state index in [1.165, 1.54) is 0 Å². The molecule has 1 heterocycles. The van der Waals surface area contributed by atoms with Gasteiger partial charge in [0.05, 0.1) is 5.56 Å². The third-order valence-corrected chi connectivity index (χ3v) is 1.89. The van der Waals surface area contributed by atoms with Gasteiger partial charge in [0, 0.05) is 22.5 Å². The van der Waals surface area contributed by atoms with Crippen molar-refractivity contribution in [1.29, 1.82) is 0 Å². The summed E-state index contributed by atoms with van der Waals surface area (Å²) in [7, 11) is 0. The van der Waals surface area contributed by atoms with Gasteiger partial charge in [-0.25, -0.2) is 0 Å². The zero-order chi connectivity index (χ0) is 8.97. The summed E-state index contributed by atoms with van der Waals surface area (Å²) in [6, 6.07) is 1.80. The average Bonchev–Trinajstić information content (AvgIpc) is 2.05. The van der Waals surface area contributed by atoms with Crippen molar-refractivity contribution in [3.8, 4) is 0 Å². The molecule has 1 rings (SSSR count). The third-order valence-electron chi connectivity index (χ3n) is 1.30. The van der Waals surface area contributed by atoms with Gasteiger partial charge in [-0.2, -0.15) is 0 Å². The second-order valence-electron chi connectivity index (χ2n) is 2.25. The maximum atomic E-state index is 11.2. The summed E-state index contributed by atoms with van der Waals surface area (Å²) < 4.78 is 0.969. The molecule has 1 N–H and O–H groups in total. The molecule has 0 aliphatic rings. The van der Waals surface area contributed by atoms with Crippen LogP contribution in [0.3, 0.4) is 0 Å². The first kappa shape index (κ1) is 9.44. The van der Waals surface area contributed by atoms with Gasteiger partial charge in [0.15, 0.2) is 0 Å². The van der Waals surface area contributed by atoms with Crippen molar-refractivity contribution in [1.82, 2.24) is 10.3 Å². The van der Waals surface area contributed by atoms with E-state index in [1.54, 1.807) is 18.5 Å². The molecule has 0 aliphatic heterocycles. The number of rotatable bonds is 2. The van der Waals surface area contributed by atoms with Crippen LogP contribution in [0.4, 0.5) is 0 Å². The van der Waals surface area contributed by atoms with E-state index < -0.39 is 0 Å². The lowest BCUT2D eigenvalue weighted by molar-refractivity contribution is 0.0955.